The first-order chi connectivity index (χ1) is 10.0. The normalized spacial score (nSPS) is 14.9. The molecule has 1 aliphatic heterocycles. The molecule has 2 aromatic carbocycles. The lowest BCUT2D eigenvalue weighted by Gasteiger charge is -2.20. The minimum absolute atomic E-state index is 0.0424. The molecule has 108 valence electrons. The van der Waals surface area contributed by atoms with Crippen LogP contribution in [-0.2, 0) is 4.79 Å². The van der Waals surface area contributed by atoms with Crippen molar-refractivity contribution in [3.8, 4) is 5.75 Å². The highest BCUT2D eigenvalue weighted by atomic mass is 79.9. The van der Waals surface area contributed by atoms with Crippen molar-refractivity contribution in [1.82, 2.24) is 0 Å². The van der Waals surface area contributed by atoms with E-state index < -0.39 is 0 Å². The van der Waals surface area contributed by atoms with Crippen molar-refractivity contribution in [2.24, 2.45) is 0 Å². The van der Waals surface area contributed by atoms with Gasteiger partial charge in [-0.2, -0.15) is 0 Å². The summed E-state index contributed by atoms with van der Waals surface area (Å²) in [4.78, 5) is 11.4. The molecule has 0 bridgehead atoms. The van der Waals surface area contributed by atoms with Crippen LogP contribution in [0, 0.1) is 0 Å². The van der Waals surface area contributed by atoms with E-state index >= 15 is 0 Å². The molecule has 3 rings (SSSR count). The van der Waals surface area contributed by atoms with Crippen molar-refractivity contribution in [3.05, 3.63) is 57.0 Å². The predicted octanol–water partition coefficient (Wildman–Crippen LogP) is 4.76. The SMILES string of the molecule is O=C1COc2ccc(C(Cl)c3ccc(Cl)c(Br)c3)cc2N1. The lowest BCUT2D eigenvalue weighted by atomic mass is 10.0. The van der Waals surface area contributed by atoms with Gasteiger partial charge in [0, 0.05) is 4.47 Å². The van der Waals surface area contributed by atoms with E-state index in [0.717, 1.165) is 15.6 Å². The van der Waals surface area contributed by atoms with Gasteiger partial charge in [0.05, 0.1) is 16.1 Å². The molecule has 1 amide bonds. The fraction of sp³-hybridized carbons (Fsp3) is 0.133. The summed E-state index contributed by atoms with van der Waals surface area (Å²) in [5, 5.41) is 3.06. The lowest BCUT2D eigenvalue weighted by molar-refractivity contribution is -0.118. The van der Waals surface area contributed by atoms with Crippen LogP contribution in [0.15, 0.2) is 40.9 Å². The van der Waals surface area contributed by atoms with Gasteiger partial charge in [-0.25, -0.2) is 0 Å². The number of nitrogens with one attached hydrogen (secondary N) is 1. The van der Waals surface area contributed by atoms with Crippen LogP contribution >= 0.6 is 39.1 Å². The van der Waals surface area contributed by atoms with Crippen molar-refractivity contribution >= 4 is 50.7 Å². The largest absolute Gasteiger partial charge is 0.482 e. The van der Waals surface area contributed by atoms with Gasteiger partial charge in [0.25, 0.3) is 5.91 Å². The number of benzene rings is 2. The van der Waals surface area contributed by atoms with Gasteiger partial charge in [-0.05, 0) is 51.3 Å². The van der Waals surface area contributed by atoms with E-state index in [1.807, 2.05) is 30.3 Å². The summed E-state index contributed by atoms with van der Waals surface area (Å²) in [6, 6.07) is 11.1. The Hall–Kier alpha value is -1.23. The van der Waals surface area contributed by atoms with Crippen molar-refractivity contribution in [2.45, 2.75) is 5.38 Å². The molecule has 0 aliphatic carbocycles. The van der Waals surface area contributed by atoms with E-state index in [0.29, 0.717) is 16.5 Å². The topological polar surface area (TPSA) is 38.3 Å². The van der Waals surface area contributed by atoms with Gasteiger partial charge >= 0.3 is 0 Å². The standard InChI is InChI=1S/C15H10BrCl2NO2/c16-10-5-8(1-3-11(10)17)15(18)9-2-4-13-12(6-9)19-14(20)7-21-13/h1-6,15H,7H2,(H,19,20). The zero-order chi connectivity index (χ0) is 15.0. The second kappa shape index (κ2) is 5.87. The fourth-order valence-electron chi connectivity index (χ4n) is 2.12. The van der Waals surface area contributed by atoms with Crippen molar-refractivity contribution < 1.29 is 9.53 Å². The maximum atomic E-state index is 11.4. The van der Waals surface area contributed by atoms with Gasteiger partial charge in [0.15, 0.2) is 6.61 Å². The molecule has 0 radical (unpaired) electrons. The molecule has 21 heavy (non-hydrogen) atoms. The first-order valence-corrected chi connectivity index (χ1v) is 7.81. The maximum Gasteiger partial charge on any atom is 0.262 e. The number of hydrogen-bond acceptors (Lipinski definition) is 2. The Morgan fingerprint density at radius 3 is 2.67 bits per heavy atom. The van der Waals surface area contributed by atoms with Gasteiger partial charge in [-0.3, -0.25) is 4.79 Å². The number of ether oxygens (including phenoxy) is 1. The van der Waals surface area contributed by atoms with Gasteiger partial charge in [-0.15, -0.1) is 11.6 Å². The van der Waals surface area contributed by atoms with Crippen LogP contribution in [0.1, 0.15) is 16.5 Å². The predicted molar refractivity (Wildman–Crippen MR) is 87.4 cm³/mol. The molecule has 1 aliphatic rings. The molecule has 3 nitrogen and oxygen atoms in total. The number of hydrogen-bond donors (Lipinski definition) is 1. The summed E-state index contributed by atoms with van der Waals surface area (Å²) in [5.41, 5.74) is 2.42. The van der Waals surface area contributed by atoms with Crippen LogP contribution < -0.4 is 10.1 Å². The summed E-state index contributed by atoms with van der Waals surface area (Å²) < 4.78 is 6.12. The number of alkyl halides is 1. The lowest BCUT2D eigenvalue weighted by Crippen LogP contribution is -2.25. The monoisotopic (exact) mass is 385 g/mol. The average molecular weight is 387 g/mol. The first-order valence-electron chi connectivity index (χ1n) is 6.20. The maximum absolute atomic E-state index is 11.4. The quantitative estimate of drug-likeness (QED) is 0.755. The molecule has 0 fully saturated rings. The van der Waals surface area contributed by atoms with Gasteiger partial charge in [-0.1, -0.05) is 23.7 Å². The summed E-state index contributed by atoms with van der Waals surface area (Å²) in [5.74, 6) is 0.486. The van der Waals surface area contributed by atoms with Crippen LogP contribution in [0.4, 0.5) is 5.69 Å². The molecule has 0 aromatic heterocycles. The van der Waals surface area contributed by atoms with Crippen molar-refractivity contribution in [1.29, 1.82) is 0 Å². The van der Waals surface area contributed by atoms with Crippen LogP contribution in [-0.4, -0.2) is 12.5 Å². The third-order valence-corrected chi connectivity index (χ3v) is 4.88. The highest BCUT2D eigenvalue weighted by molar-refractivity contribution is 9.10. The Bertz CT molecular complexity index is 721. The molecular weight excluding hydrogens is 377 g/mol. The highest BCUT2D eigenvalue weighted by Crippen LogP contribution is 2.37. The van der Waals surface area contributed by atoms with Crippen LogP contribution in [0.2, 0.25) is 5.02 Å². The first kappa shape index (κ1) is 14.7. The van der Waals surface area contributed by atoms with Crippen LogP contribution in [0.25, 0.3) is 0 Å². The second-order valence-corrected chi connectivity index (χ2v) is 6.33. The smallest absolute Gasteiger partial charge is 0.262 e. The zero-order valence-corrected chi connectivity index (χ0v) is 13.8. The van der Waals surface area contributed by atoms with E-state index in [9.17, 15) is 4.79 Å². The molecule has 0 spiro atoms. The molecule has 0 saturated carbocycles. The number of rotatable bonds is 2. The Morgan fingerprint density at radius 1 is 1.19 bits per heavy atom. The number of halogens is 3. The molecule has 6 heteroatoms. The Morgan fingerprint density at radius 2 is 1.90 bits per heavy atom. The summed E-state index contributed by atoms with van der Waals surface area (Å²) in [7, 11) is 0. The number of amides is 1. The molecule has 0 saturated heterocycles. The molecule has 1 unspecified atom stereocenters. The zero-order valence-electron chi connectivity index (χ0n) is 10.7. The molecule has 1 atom stereocenters. The minimum atomic E-state index is -0.345. The highest BCUT2D eigenvalue weighted by Gasteiger charge is 2.19. The van der Waals surface area contributed by atoms with E-state index in [4.69, 9.17) is 27.9 Å². The van der Waals surface area contributed by atoms with Gasteiger partial charge in [0.2, 0.25) is 0 Å². The molecular formula is C15H10BrCl2NO2. The number of carbonyl (C=O) groups is 1. The molecule has 1 N–H and O–H groups in total. The second-order valence-electron chi connectivity index (χ2n) is 4.63. The Balaban J connectivity index is 1.94. The van der Waals surface area contributed by atoms with Crippen molar-refractivity contribution in [3.63, 3.8) is 0 Å². The summed E-state index contributed by atoms with van der Waals surface area (Å²) >= 11 is 15.9. The van der Waals surface area contributed by atoms with Gasteiger partial charge < -0.3 is 10.1 Å². The minimum Gasteiger partial charge on any atom is -0.482 e. The van der Waals surface area contributed by atoms with Crippen LogP contribution in [0.3, 0.4) is 0 Å². The fourth-order valence-corrected chi connectivity index (χ4v) is 2.91. The van der Waals surface area contributed by atoms with Crippen molar-refractivity contribution in [2.75, 3.05) is 11.9 Å². The van der Waals surface area contributed by atoms with Gasteiger partial charge in [0.1, 0.15) is 5.75 Å². The van der Waals surface area contributed by atoms with E-state index in [2.05, 4.69) is 21.2 Å². The Kier molecular flexibility index (Phi) is 4.11. The average Bonchev–Trinajstić information content (AvgIpc) is 2.48. The van der Waals surface area contributed by atoms with E-state index in [1.54, 1.807) is 6.07 Å². The van der Waals surface area contributed by atoms with Crippen LogP contribution in [0.5, 0.6) is 5.75 Å². The number of anilines is 1. The molecule has 1 heterocycles. The molecule has 2 aromatic rings. The third kappa shape index (κ3) is 3.03. The Labute approximate surface area is 140 Å². The van der Waals surface area contributed by atoms with E-state index in [1.165, 1.54) is 0 Å². The summed E-state index contributed by atoms with van der Waals surface area (Å²) in [6.07, 6.45) is 0. The third-order valence-electron chi connectivity index (χ3n) is 3.17. The summed E-state index contributed by atoms with van der Waals surface area (Å²) in [6.45, 7) is 0.0424. The number of fused-ring (bicyclic) bond motifs is 1. The van der Waals surface area contributed by atoms with E-state index in [-0.39, 0.29) is 17.9 Å². The number of carbonyl (C=O) groups excluding carboxylic acids is 1.